The Kier molecular flexibility index (Phi) is 8.42. The highest BCUT2D eigenvalue weighted by atomic mass is 35.5. The van der Waals surface area contributed by atoms with Crippen LogP contribution in [0.25, 0.3) is 0 Å². The topological polar surface area (TPSA) is 114 Å². The molecule has 3 N–H and O–H groups in total. The Morgan fingerprint density at radius 2 is 1.88 bits per heavy atom. The van der Waals surface area contributed by atoms with Crippen molar-refractivity contribution in [3.8, 4) is 0 Å². The van der Waals surface area contributed by atoms with Gasteiger partial charge in [-0.2, -0.15) is 0 Å². The molecule has 1 aromatic carbocycles. The van der Waals surface area contributed by atoms with Crippen molar-refractivity contribution in [2.75, 3.05) is 13.2 Å². The quantitative estimate of drug-likeness (QED) is 0.626. The molecule has 1 rings (SSSR count). The van der Waals surface area contributed by atoms with Crippen LogP contribution in [0.2, 0.25) is 5.02 Å². The van der Waals surface area contributed by atoms with E-state index < -0.39 is 36.5 Å². The van der Waals surface area contributed by atoms with Gasteiger partial charge in [0.15, 0.2) is 6.61 Å². The zero-order chi connectivity index (χ0) is 18.8. The molecule has 0 fully saturated rings. The lowest BCUT2D eigenvalue weighted by molar-refractivity contribution is -0.149. The molecule has 4 amide bonds. The first-order chi connectivity index (χ1) is 11.8. The summed E-state index contributed by atoms with van der Waals surface area (Å²) in [5.41, 5.74) is 0.217. The Morgan fingerprint density at radius 3 is 2.52 bits per heavy atom. The molecule has 0 aliphatic carbocycles. The lowest BCUT2D eigenvalue weighted by Gasteiger charge is -2.14. The number of rotatable bonds is 7. The van der Waals surface area contributed by atoms with E-state index in [0.717, 1.165) is 6.42 Å². The summed E-state index contributed by atoms with van der Waals surface area (Å²) in [5.74, 6) is -2.13. The van der Waals surface area contributed by atoms with E-state index >= 15 is 0 Å². The number of ether oxygens (including phenoxy) is 1. The number of hydrogen-bond donors (Lipinski definition) is 3. The smallest absolute Gasteiger partial charge is 0.328 e. The third-order valence-electron chi connectivity index (χ3n) is 2.95. The molecule has 1 atom stereocenters. The molecule has 0 saturated heterocycles. The summed E-state index contributed by atoms with van der Waals surface area (Å²) in [7, 11) is 0. The van der Waals surface area contributed by atoms with Crippen LogP contribution in [0.3, 0.4) is 0 Å². The van der Waals surface area contributed by atoms with E-state index in [1.165, 1.54) is 13.0 Å². The molecule has 1 aromatic rings. The number of carbonyl (C=O) groups is 4. The predicted molar refractivity (Wildman–Crippen MR) is 91.2 cm³/mol. The number of imide groups is 1. The lowest BCUT2D eigenvalue weighted by atomic mass is 10.2. The minimum absolute atomic E-state index is 0.217. The van der Waals surface area contributed by atoms with E-state index in [2.05, 4.69) is 10.6 Å². The van der Waals surface area contributed by atoms with Gasteiger partial charge >= 0.3 is 12.0 Å². The van der Waals surface area contributed by atoms with E-state index in [1.54, 1.807) is 18.2 Å². The Labute approximate surface area is 150 Å². The third kappa shape index (κ3) is 7.21. The number of urea groups is 1. The molecule has 0 spiro atoms. The van der Waals surface area contributed by atoms with Crippen LogP contribution in [-0.2, 0) is 14.3 Å². The molecule has 136 valence electrons. The minimum atomic E-state index is -0.995. The van der Waals surface area contributed by atoms with E-state index in [1.807, 2.05) is 12.2 Å². The first-order valence-corrected chi connectivity index (χ1v) is 8.02. The minimum Gasteiger partial charge on any atom is -0.454 e. The van der Waals surface area contributed by atoms with Crippen LogP contribution in [0, 0.1) is 0 Å². The van der Waals surface area contributed by atoms with E-state index in [-0.39, 0.29) is 10.6 Å². The molecule has 0 aliphatic heterocycles. The molecule has 9 heteroatoms. The van der Waals surface area contributed by atoms with Gasteiger partial charge in [-0.15, -0.1) is 0 Å². The summed E-state index contributed by atoms with van der Waals surface area (Å²) in [4.78, 5) is 46.6. The van der Waals surface area contributed by atoms with Gasteiger partial charge in [0, 0.05) is 6.54 Å². The highest BCUT2D eigenvalue weighted by Crippen LogP contribution is 2.14. The van der Waals surface area contributed by atoms with Crippen molar-refractivity contribution < 1.29 is 23.9 Å². The van der Waals surface area contributed by atoms with Crippen LogP contribution in [0.15, 0.2) is 24.3 Å². The second kappa shape index (κ2) is 10.3. The van der Waals surface area contributed by atoms with Gasteiger partial charge in [-0.3, -0.25) is 14.9 Å². The van der Waals surface area contributed by atoms with Gasteiger partial charge in [0.05, 0.1) is 10.6 Å². The highest BCUT2D eigenvalue weighted by molar-refractivity contribution is 6.33. The average Bonchev–Trinajstić information content (AvgIpc) is 2.57. The maximum Gasteiger partial charge on any atom is 0.328 e. The van der Waals surface area contributed by atoms with Crippen molar-refractivity contribution in [2.45, 2.75) is 26.3 Å². The lowest BCUT2D eigenvalue weighted by Crippen LogP contribution is -2.43. The summed E-state index contributed by atoms with van der Waals surface area (Å²) >= 11 is 5.90. The van der Waals surface area contributed by atoms with Crippen molar-refractivity contribution in [1.82, 2.24) is 16.0 Å². The molecule has 0 radical (unpaired) electrons. The van der Waals surface area contributed by atoms with Crippen LogP contribution in [0.5, 0.6) is 0 Å². The van der Waals surface area contributed by atoms with Crippen LogP contribution < -0.4 is 16.0 Å². The molecule has 0 heterocycles. The van der Waals surface area contributed by atoms with E-state index in [4.69, 9.17) is 16.3 Å². The van der Waals surface area contributed by atoms with Crippen molar-refractivity contribution in [3.63, 3.8) is 0 Å². The van der Waals surface area contributed by atoms with Gasteiger partial charge in [-0.25, -0.2) is 9.59 Å². The number of nitrogens with one attached hydrogen (secondary N) is 3. The van der Waals surface area contributed by atoms with Crippen molar-refractivity contribution in [2.24, 2.45) is 0 Å². The molecule has 25 heavy (non-hydrogen) atoms. The van der Waals surface area contributed by atoms with Gasteiger partial charge in [0.2, 0.25) is 0 Å². The van der Waals surface area contributed by atoms with Gasteiger partial charge < -0.3 is 15.4 Å². The Balaban J connectivity index is 2.41. The molecular formula is C16H20ClN3O5. The monoisotopic (exact) mass is 369 g/mol. The Bertz CT molecular complexity index is 650. The summed E-state index contributed by atoms with van der Waals surface area (Å²) in [6.45, 7) is 3.06. The first kappa shape index (κ1) is 20.4. The van der Waals surface area contributed by atoms with Gasteiger partial charge in [0.1, 0.15) is 6.04 Å². The maximum atomic E-state index is 12.0. The van der Waals surface area contributed by atoms with Crippen molar-refractivity contribution in [3.05, 3.63) is 34.9 Å². The van der Waals surface area contributed by atoms with Crippen molar-refractivity contribution in [1.29, 1.82) is 0 Å². The number of carbonyl (C=O) groups excluding carboxylic acids is 4. The molecule has 0 aromatic heterocycles. The number of esters is 1. The molecular weight excluding hydrogens is 350 g/mol. The zero-order valence-electron chi connectivity index (χ0n) is 13.9. The van der Waals surface area contributed by atoms with Gasteiger partial charge in [-0.1, -0.05) is 30.7 Å². The molecule has 0 aliphatic rings. The normalized spacial score (nSPS) is 11.2. The predicted octanol–water partition coefficient (Wildman–Crippen LogP) is 1.24. The summed E-state index contributed by atoms with van der Waals surface area (Å²) in [6.07, 6.45) is 0.721. The van der Waals surface area contributed by atoms with Crippen LogP contribution in [0.1, 0.15) is 30.6 Å². The number of amides is 4. The van der Waals surface area contributed by atoms with Crippen LogP contribution in [-0.4, -0.2) is 43.0 Å². The van der Waals surface area contributed by atoms with Gasteiger partial charge in [-0.05, 0) is 25.5 Å². The number of hydrogen-bond acceptors (Lipinski definition) is 5. The molecule has 0 bridgehead atoms. The Morgan fingerprint density at radius 1 is 1.20 bits per heavy atom. The second-order valence-electron chi connectivity index (χ2n) is 5.09. The Hall–Kier alpha value is -2.61. The van der Waals surface area contributed by atoms with E-state index in [0.29, 0.717) is 6.54 Å². The highest BCUT2D eigenvalue weighted by Gasteiger charge is 2.20. The number of halogens is 1. The summed E-state index contributed by atoms with van der Waals surface area (Å²) in [5, 5.41) is 7.12. The molecule has 1 unspecified atom stereocenters. The largest absolute Gasteiger partial charge is 0.454 e. The summed E-state index contributed by atoms with van der Waals surface area (Å²) in [6, 6.07) is 4.71. The zero-order valence-corrected chi connectivity index (χ0v) is 14.7. The fraction of sp³-hybridized carbons (Fsp3) is 0.375. The number of benzene rings is 1. The fourth-order valence-electron chi connectivity index (χ4n) is 1.69. The van der Waals surface area contributed by atoms with Crippen LogP contribution in [0.4, 0.5) is 4.79 Å². The van der Waals surface area contributed by atoms with E-state index in [9.17, 15) is 19.2 Å². The second-order valence-corrected chi connectivity index (χ2v) is 5.49. The van der Waals surface area contributed by atoms with Crippen LogP contribution >= 0.6 is 11.6 Å². The summed E-state index contributed by atoms with van der Waals surface area (Å²) < 4.78 is 4.76. The third-order valence-corrected chi connectivity index (χ3v) is 3.28. The average molecular weight is 370 g/mol. The fourth-order valence-corrected chi connectivity index (χ4v) is 1.91. The van der Waals surface area contributed by atoms with Gasteiger partial charge in [0.25, 0.3) is 11.8 Å². The SMILES string of the molecule is CCCNC(=O)NC(=O)COC(=O)C(C)NC(=O)c1ccccc1Cl. The maximum absolute atomic E-state index is 12.0. The molecule has 0 saturated carbocycles. The standard InChI is InChI=1S/C16H20ClN3O5/c1-3-8-18-16(24)20-13(21)9-25-15(23)10(2)19-14(22)11-6-4-5-7-12(11)17/h4-7,10H,3,8-9H2,1-2H3,(H,19,22)(H2,18,20,21,24). The first-order valence-electron chi connectivity index (χ1n) is 7.64. The molecule has 8 nitrogen and oxygen atoms in total. The van der Waals surface area contributed by atoms with Crippen molar-refractivity contribution >= 4 is 35.4 Å².